The van der Waals surface area contributed by atoms with Crippen molar-refractivity contribution in [3.8, 4) is 0 Å². The van der Waals surface area contributed by atoms with Gasteiger partial charge in [0.15, 0.2) is 9.84 Å². The molecule has 1 aliphatic rings. The molecule has 2 nitrogen and oxygen atoms in total. The smallest absolute Gasteiger partial charge is 0.173 e. The molecule has 0 saturated heterocycles. The van der Waals surface area contributed by atoms with Crippen LogP contribution in [0.2, 0.25) is 0 Å². The fraction of sp³-hybridized carbons (Fsp3) is 0.750. The van der Waals surface area contributed by atoms with Gasteiger partial charge in [-0.05, 0) is 33.1 Å². The van der Waals surface area contributed by atoms with Gasteiger partial charge >= 0.3 is 0 Å². The first kappa shape index (κ1) is 8.78. The molecule has 1 aliphatic carbocycles. The van der Waals surface area contributed by atoms with Crippen molar-refractivity contribution in [1.82, 2.24) is 0 Å². The highest BCUT2D eigenvalue weighted by Crippen LogP contribution is 2.26. The van der Waals surface area contributed by atoms with Crippen LogP contribution in [0.3, 0.4) is 0 Å². The Bertz CT molecular complexity index is 254. The molecule has 0 bridgehead atoms. The van der Waals surface area contributed by atoms with Crippen LogP contribution < -0.4 is 0 Å². The number of rotatable bonds is 2. The monoisotopic (exact) mass is 174 g/mol. The van der Waals surface area contributed by atoms with Gasteiger partial charge < -0.3 is 0 Å². The molecule has 0 spiro atoms. The third-order valence-electron chi connectivity index (χ3n) is 1.98. The van der Waals surface area contributed by atoms with Crippen LogP contribution in [-0.2, 0) is 9.84 Å². The average molecular weight is 174 g/mol. The molecule has 0 unspecified atom stereocenters. The van der Waals surface area contributed by atoms with E-state index in [9.17, 15) is 8.42 Å². The summed E-state index contributed by atoms with van der Waals surface area (Å²) in [7, 11) is -2.92. The summed E-state index contributed by atoms with van der Waals surface area (Å²) in [6.45, 7) is 3.43. The second kappa shape index (κ2) is 2.97. The van der Waals surface area contributed by atoms with E-state index in [0.29, 0.717) is 0 Å². The highest BCUT2D eigenvalue weighted by Gasteiger charge is 2.17. The zero-order chi connectivity index (χ0) is 8.48. The Balaban J connectivity index is 2.74. The van der Waals surface area contributed by atoms with Crippen molar-refractivity contribution in [3.63, 3.8) is 0 Å². The molecule has 0 aromatic carbocycles. The van der Waals surface area contributed by atoms with E-state index in [4.69, 9.17) is 0 Å². The van der Waals surface area contributed by atoms with Gasteiger partial charge in [0.1, 0.15) is 0 Å². The highest BCUT2D eigenvalue weighted by molar-refractivity contribution is 7.94. The van der Waals surface area contributed by atoms with E-state index in [-0.39, 0.29) is 5.25 Å². The van der Waals surface area contributed by atoms with Crippen molar-refractivity contribution in [2.45, 2.75) is 38.4 Å². The summed E-state index contributed by atoms with van der Waals surface area (Å²) >= 11 is 0. The third-order valence-corrected chi connectivity index (χ3v) is 3.96. The SMILES string of the molecule is CC(C)S(=O)(=O)C=C1CCC1. The van der Waals surface area contributed by atoms with Gasteiger partial charge in [0.05, 0.1) is 5.25 Å². The molecule has 1 fully saturated rings. The minimum absolute atomic E-state index is 0.268. The lowest BCUT2D eigenvalue weighted by atomic mass is 9.95. The van der Waals surface area contributed by atoms with Gasteiger partial charge in [0.25, 0.3) is 0 Å². The predicted molar refractivity (Wildman–Crippen MR) is 46.0 cm³/mol. The van der Waals surface area contributed by atoms with Crippen LogP contribution >= 0.6 is 0 Å². The summed E-state index contributed by atoms with van der Waals surface area (Å²) in [5, 5.41) is 1.19. The molecule has 0 atom stereocenters. The molecule has 11 heavy (non-hydrogen) atoms. The van der Waals surface area contributed by atoms with Crippen LogP contribution in [-0.4, -0.2) is 13.7 Å². The first-order valence-corrected chi connectivity index (χ1v) is 5.56. The second-order valence-corrected chi connectivity index (χ2v) is 5.62. The van der Waals surface area contributed by atoms with Crippen molar-refractivity contribution >= 4 is 9.84 Å². The van der Waals surface area contributed by atoms with Crippen molar-refractivity contribution in [3.05, 3.63) is 11.0 Å². The summed E-state index contributed by atoms with van der Waals surface area (Å²) in [5.74, 6) is 0. The van der Waals surface area contributed by atoms with Crippen molar-refractivity contribution in [2.75, 3.05) is 0 Å². The standard InChI is InChI=1S/C8H14O2S/c1-7(2)11(9,10)6-8-4-3-5-8/h6-7H,3-5H2,1-2H3. The van der Waals surface area contributed by atoms with E-state index in [1.807, 2.05) is 0 Å². The van der Waals surface area contributed by atoms with Gasteiger partial charge in [-0.3, -0.25) is 0 Å². The van der Waals surface area contributed by atoms with Crippen molar-refractivity contribution in [1.29, 1.82) is 0 Å². The van der Waals surface area contributed by atoms with E-state index in [1.165, 1.54) is 5.41 Å². The molecular weight excluding hydrogens is 160 g/mol. The van der Waals surface area contributed by atoms with Gasteiger partial charge in [0, 0.05) is 5.41 Å². The molecule has 0 N–H and O–H groups in total. The van der Waals surface area contributed by atoms with Crippen LogP contribution in [0.1, 0.15) is 33.1 Å². The van der Waals surface area contributed by atoms with Gasteiger partial charge in [-0.25, -0.2) is 8.42 Å². The molecule has 1 rings (SSSR count). The number of allylic oxidation sites excluding steroid dienone is 1. The minimum Gasteiger partial charge on any atom is -0.224 e. The van der Waals surface area contributed by atoms with E-state index in [0.717, 1.165) is 24.8 Å². The average Bonchev–Trinajstić information content (AvgIpc) is 1.79. The lowest BCUT2D eigenvalue weighted by Crippen LogP contribution is -2.12. The van der Waals surface area contributed by atoms with Gasteiger partial charge in [-0.2, -0.15) is 0 Å². The topological polar surface area (TPSA) is 34.1 Å². The van der Waals surface area contributed by atoms with Gasteiger partial charge in [-0.1, -0.05) is 5.57 Å². The van der Waals surface area contributed by atoms with Gasteiger partial charge in [0.2, 0.25) is 0 Å². The molecule has 0 radical (unpaired) electrons. The summed E-state index contributed by atoms with van der Waals surface area (Å²) < 4.78 is 22.5. The molecule has 0 aromatic rings. The first-order chi connectivity index (χ1) is 5.02. The largest absolute Gasteiger partial charge is 0.224 e. The fourth-order valence-electron chi connectivity index (χ4n) is 0.867. The zero-order valence-electron chi connectivity index (χ0n) is 7.00. The maximum Gasteiger partial charge on any atom is 0.173 e. The summed E-state index contributed by atoms with van der Waals surface area (Å²) in [6, 6.07) is 0. The Morgan fingerprint density at radius 3 is 2.18 bits per heavy atom. The van der Waals surface area contributed by atoms with Crippen LogP contribution in [0.4, 0.5) is 0 Å². The summed E-state index contributed by atoms with van der Waals surface area (Å²) in [4.78, 5) is 0. The highest BCUT2D eigenvalue weighted by atomic mass is 32.2. The molecule has 0 aliphatic heterocycles. The fourth-order valence-corrected chi connectivity index (χ4v) is 1.84. The third kappa shape index (κ3) is 2.06. The van der Waals surface area contributed by atoms with Crippen molar-refractivity contribution in [2.24, 2.45) is 0 Å². The lowest BCUT2D eigenvalue weighted by Gasteiger charge is -2.16. The summed E-state index contributed by atoms with van der Waals surface area (Å²) in [5.41, 5.74) is 1.10. The Kier molecular flexibility index (Phi) is 2.37. The normalized spacial score (nSPS) is 18.3. The molecule has 0 aromatic heterocycles. The second-order valence-electron chi connectivity index (χ2n) is 3.27. The first-order valence-electron chi connectivity index (χ1n) is 3.96. The summed E-state index contributed by atoms with van der Waals surface area (Å²) in [6.07, 6.45) is 3.11. The van der Waals surface area contributed by atoms with Crippen LogP contribution in [0.25, 0.3) is 0 Å². The molecule has 64 valence electrons. The van der Waals surface area contributed by atoms with E-state index < -0.39 is 9.84 Å². The van der Waals surface area contributed by atoms with Gasteiger partial charge in [-0.15, -0.1) is 0 Å². The minimum atomic E-state index is -2.92. The molecule has 3 heteroatoms. The number of sulfone groups is 1. The van der Waals surface area contributed by atoms with E-state index >= 15 is 0 Å². The maximum atomic E-state index is 11.3. The zero-order valence-corrected chi connectivity index (χ0v) is 7.82. The van der Waals surface area contributed by atoms with Crippen LogP contribution in [0.15, 0.2) is 11.0 Å². The van der Waals surface area contributed by atoms with Crippen LogP contribution in [0.5, 0.6) is 0 Å². The molecule has 0 amide bonds. The van der Waals surface area contributed by atoms with E-state index in [2.05, 4.69) is 0 Å². The van der Waals surface area contributed by atoms with Crippen molar-refractivity contribution < 1.29 is 8.42 Å². The molecular formula is C8H14O2S. The quantitative estimate of drug-likeness (QED) is 0.640. The number of hydrogen-bond acceptors (Lipinski definition) is 2. The molecule has 0 heterocycles. The Hall–Kier alpha value is -0.310. The Morgan fingerprint density at radius 1 is 1.36 bits per heavy atom. The predicted octanol–water partition coefficient (Wildman–Crippen LogP) is 1.88. The lowest BCUT2D eigenvalue weighted by molar-refractivity contribution is 0.593. The molecule has 1 saturated carbocycles. The van der Waals surface area contributed by atoms with E-state index in [1.54, 1.807) is 13.8 Å². The maximum absolute atomic E-state index is 11.3. The Labute approximate surface area is 68.2 Å². The Morgan fingerprint density at radius 2 is 1.91 bits per heavy atom. The number of hydrogen-bond donors (Lipinski definition) is 0. The van der Waals surface area contributed by atoms with Crippen LogP contribution in [0, 0.1) is 0 Å².